The zero-order chi connectivity index (χ0) is 22.4. The molecular formula is C24H25N7O2. The van der Waals surface area contributed by atoms with Crippen molar-refractivity contribution >= 4 is 28.4 Å². The van der Waals surface area contributed by atoms with Crippen molar-refractivity contribution in [1.29, 1.82) is 0 Å². The molecule has 1 unspecified atom stereocenters. The van der Waals surface area contributed by atoms with Crippen molar-refractivity contribution in [3.05, 3.63) is 53.7 Å². The number of aromatic amines is 1. The molecular weight excluding hydrogens is 418 g/mol. The van der Waals surface area contributed by atoms with Gasteiger partial charge in [0.25, 0.3) is 5.91 Å². The lowest BCUT2D eigenvalue weighted by Gasteiger charge is -2.11. The summed E-state index contributed by atoms with van der Waals surface area (Å²) in [6.07, 6.45) is 5.13. The number of hydrogen-bond acceptors (Lipinski definition) is 6. The van der Waals surface area contributed by atoms with E-state index in [1.165, 1.54) is 18.4 Å². The molecule has 0 bridgehead atoms. The molecule has 1 aliphatic carbocycles. The lowest BCUT2D eigenvalue weighted by Crippen LogP contribution is -2.34. The van der Waals surface area contributed by atoms with Crippen molar-refractivity contribution in [1.82, 2.24) is 30.3 Å². The number of H-pyrrole nitrogens is 1. The van der Waals surface area contributed by atoms with Crippen LogP contribution in [0.3, 0.4) is 0 Å². The quantitative estimate of drug-likeness (QED) is 0.421. The van der Waals surface area contributed by atoms with Crippen LogP contribution in [0.1, 0.15) is 41.1 Å². The van der Waals surface area contributed by atoms with E-state index in [1.807, 2.05) is 43.6 Å². The van der Waals surface area contributed by atoms with Gasteiger partial charge in [0.05, 0.1) is 24.4 Å². The Morgan fingerprint density at radius 3 is 2.76 bits per heavy atom. The molecule has 1 atom stereocenters. The van der Waals surface area contributed by atoms with Crippen LogP contribution in [0.4, 0.5) is 11.6 Å². The molecule has 2 aromatic carbocycles. The lowest BCUT2D eigenvalue weighted by molar-refractivity contribution is 0.0930. The van der Waals surface area contributed by atoms with Crippen molar-refractivity contribution in [2.75, 3.05) is 18.5 Å². The van der Waals surface area contributed by atoms with Crippen LogP contribution in [-0.2, 0) is 11.8 Å². The summed E-state index contributed by atoms with van der Waals surface area (Å²) in [5.41, 5.74) is 4.84. The van der Waals surface area contributed by atoms with E-state index in [1.54, 1.807) is 4.68 Å². The van der Waals surface area contributed by atoms with E-state index in [9.17, 15) is 4.79 Å². The second-order valence-electron chi connectivity index (χ2n) is 8.75. The van der Waals surface area contributed by atoms with Crippen LogP contribution in [0.15, 0.2) is 42.6 Å². The highest BCUT2D eigenvalue weighted by atomic mass is 16.5. The minimum atomic E-state index is -0.0874. The third kappa shape index (κ3) is 3.84. The van der Waals surface area contributed by atoms with Gasteiger partial charge in [-0.3, -0.25) is 9.89 Å². The average molecular weight is 444 g/mol. The number of anilines is 2. The van der Waals surface area contributed by atoms with E-state index in [4.69, 9.17) is 9.72 Å². The first-order valence-electron chi connectivity index (χ1n) is 11.3. The second-order valence-corrected chi connectivity index (χ2v) is 8.75. The molecule has 1 saturated heterocycles. The van der Waals surface area contributed by atoms with E-state index in [-0.39, 0.29) is 11.9 Å². The molecule has 4 aromatic rings. The fraction of sp³-hybridized carbons (Fsp3) is 0.333. The third-order valence-electron chi connectivity index (χ3n) is 6.33. The summed E-state index contributed by atoms with van der Waals surface area (Å²) < 4.78 is 7.07. The molecule has 168 valence electrons. The fourth-order valence-electron chi connectivity index (χ4n) is 4.38. The molecule has 9 heteroatoms. The number of carbonyl (C=O) groups is 1. The topological polar surface area (TPSA) is 110 Å². The number of hydrogen-bond donors (Lipinski definition) is 3. The molecule has 2 fully saturated rings. The molecule has 3 heterocycles. The number of rotatable bonds is 6. The van der Waals surface area contributed by atoms with Crippen LogP contribution in [0.2, 0.25) is 0 Å². The monoisotopic (exact) mass is 443 g/mol. The van der Waals surface area contributed by atoms with Crippen molar-refractivity contribution in [3.63, 3.8) is 0 Å². The summed E-state index contributed by atoms with van der Waals surface area (Å²) in [4.78, 5) is 17.2. The smallest absolute Gasteiger partial charge is 0.251 e. The normalized spacial score (nSPS) is 18.0. The van der Waals surface area contributed by atoms with Gasteiger partial charge in [0, 0.05) is 35.9 Å². The van der Waals surface area contributed by atoms with Crippen LogP contribution >= 0.6 is 0 Å². The maximum atomic E-state index is 12.5. The molecule has 2 aliphatic rings. The molecule has 0 radical (unpaired) electrons. The van der Waals surface area contributed by atoms with Gasteiger partial charge in [0.2, 0.25) is 5.95 Å². The van der Waals surface area contributed by atoms with Gasteiger partial charge in [-0.15, -0.1) is 5.10 Å². The SMILES string of the molecule is Cn1nc(-c2ccc(C(=O)NC3CCOC3)cc2)nc1Nc1ccc2[nH]ncc2c1C1CC1. The summed E-state index contributed by atoms with van der Waals surface area (Å²) in [7, 11) is 1.87. The molecule has 1 saturated carbocycles. The third-order valence-corrected chi connectivity index (χ3v) is 6.33. The molecule has 6 rings (SSSR count). The first-order chi connectivity index (χ1) is 16.2. The van der Waals surface area contributed by atoms with Gasteiger partial charge in [-0.25, -0.2) is 4.68 Å². The van der Waals surface area contributed by atoms with Gasteiger partial charge in [-0.05, 0) is 55.0 Å². The number of nitrogens with one attached hydrogen (secondary N) is 3. The van der Waals surface area contributed by atoms with E-state index < -0.39 is 0 Å². The van der Waals surface area contributed by atoms with Crippen molar-refractivity contribution < 1.29 is 9.53 Å². The van der Waals surface area contributed by atoms with E-state index >= 15 is 0 Å². The number of benzene rings is 2. The minimum absolute atomic E-state index is 0.0874. The van der Waals surface area contributed by atoms with E-state index in [0.717, 1.165) is 28.6 Å². The van der Waals surface area contributed by atoms with Crippen LogP contribution < -0.4 is 10.6 Å². The van der Waals surface area contributed by atoms with E-state index in [2.05, 4.69) is 32.0 Å². The summed E-state index contributed by atoms with van der Waals surface area (Å²) >= 11 is 0. The van der Waals surface area contributed by atoms with Gasteiger partial charge < -0.3 is 15.4 Å². The molecule has 2 aromatic heterocycles. The fourth-order valence-corrected chi connectivity index (χ4v) is 4.38. The molecule has 9 nitrogen and oxygen atoms in total. The number of nitrogens with zero attached hydrogens (tertiary/aromatic N) is 4. The Balaban J connectivity index is 1.23. The highest BCUT2D eigenvalue weighted by Crippen LogP contribution is 2.47. The standard InChI is InChI=1S/C24H25N7O2/c1-31-24(27-20-9-8-19-18(12-25-29-19)21(20)14-2-3-14)28-22(30-31)15-4-6-16(7-5-15)23(32)26-17-10-11-33-13-17/h4-9,12,14,17H,2-3,10-11,13H2,1H3,(H,25,29)(H,26,32)(H,27,28,30). The predicted octanol–water partition coefficient (Wildman–Crippen LogP) is 3.50. The van der Waals surface area contributed by atoms with Gasteiger partial charge in [0.15, 0.2) is 5.82 Å². The summed E-state index contributed by atoms with van der Waals surface area (Å²) in [5.74, 6) is 1.73. The summed E-state index contributed by atoms with van der Waals surface area (Å²) in [6.45, 7) is 1.27. The Hall–Kier alpha value is -3.72. The molecule has 0 spiro atoms. The zero-order valence-electron chi connectivity index (χ0n) is 18.3. The molecule has 3 N–H and O–H groups in total. The average Bonchev–Trinajstić information content (AvgIpc) is 3.18. The minimum Gasteiger partial charge on any atom is -0.379 e. The van der Waals surface area contributed by atoms with Crippen LogP contribution in [0.25, 0.3) is 22.3 Å². The van der Waals surface area contributed by atoms with Crippen molar-refractivity contribution in [2.24, 2.45) is 7.05 Å². The van der Waals surface area contributed by atoms with Gasteiger partial charge in [-0.2, -0.15) is 10.1 Å². The Labute approximate surface area is 190 Å². The largest absolute Gasteiger partial charge is 0.379 e. The maximum absolute atomic E-state index is 12.5. The number of ether oxygens (including phenoxy) is 1. The number of fused-ring (bicyclic) bond motifs is 1. The Bertz CT molecular complexity index is 1310. The number of amides is 1. The van der Waals surface area contributed by atoms with Crippen LogP contribution in [-0.4, -0.2) is 50.1 Å². The number of aromatic nitrogens is 5. The molecule has 33 heavy (non-hydrogen) atoms. The van der Waals surface area contributed by atoms with Gasteiger partial charge in [-0.1, -0.05) is 12.1 Å². The predicted molar refractivity (Wildman–Crippen MR) is 124 cm³/mol. The first kappa shape index (κ1) is 19.9. The lowest BCUT2D eigenvalue weighted by atomic mass is 10.0. The van der Waals surface area contributed by atoms with Crippen LogP contribution in [0, 0.1) is 0 Å². The van der Waals surface area contributed by atoms with Crippen LogP contribution in [0.5, 0.6) is 0 Å². The molecule has 1 amide bonds. The maximum Gasteiger partial charge on any atom is 0.251 e. The highest BCUT2D eigenvalue weighted by molar-refractivity contribution is 5.94. The summed E-state index contributed by atoms with van der Waals surface area (Å²) in [5, 5.41) is 19.5. The summed E-state index contributed by atoms with van der Waals surface area (Å²) in [6, 6.07) is 11.6. The second kappa shape index (κ2) is 8.00. The van der Waals surface area contributed by atoms with E-state index in [0.29, 0.717) is 36.5 Å². The Morgan fingerprint density at radius 2 is 2.00 bits per heavy atom. The Kier molecular flexibility index (Phi) is 4.83. The molecule has 1 aliphatic heterocycles. The van der Waals surface area contributed by atoms with Gasteiger partial charge >= 0.3 is 0 Å². The number of aryl methyl sites for hydroxylation is 1. The van der Waals surface area contributed by atoms with Gasteiger partial charge in [0.1, 0.15) is 0 Å². The Morgan fingerprint density at radius 1 is 1.15 bits per heavy atom. The van der Waals surface area contributed by atoms with Crippen molar-refractivity contribution in [3.8, 4) is 11.4 Å². The van der Waals surface area contributed by atoms with Crippen molar-refractivity contribution in [2.45, 2.75) is 31.2 Å². The number of carbonyl (C=O) groups excluding carboxylic acids is 1. The zero-order valence-corrected chi connectivity index (χ0v) is 18.3. The first-order valence-corrected chi connectivity index (χ1v) is 11.3. The highest BCUT2D eigenvalue weighted by Gasteiger charge is 2.29.